The molecule has 0 radical (unpaired) electrons. The maximum absolute atomic E-state index is 6.02. The van der Waals surface area contributed by atoms with E-state index in [1.54, 1.807) is 0 Å². The third-order valence-electron chi connectivity index (χ3n) is 3.29. The Morgan fingerprint density at radius 3 is 2.88 bits per heavy atom. The first kappa shape index (κ1) is 14.7. The van der Waals surface area contributed by atoms with Gasteiger partial charge in [0.15, 0.2) is 6.29 Å². The molecule has 1 fully saturated rings. The van der Waals surface area contributed by atoms with Crippen molar-refractivity contribution in [2.75, 3.05) is 6.61 Å². The van der Waals surface area contributed by atoms with E-state index in [1.807, 2.05) is 6.08 Å². The lowest BCUT2D eigenvalue weighted by Crippen LogP contribution is -2.27. The zero-order chi connectivity index (χ0) is 12.3. The van der Waals surface area contributed by atoms with Crippen molar-refractivity contribution in [2.45, 2.75) is 77.1 Å². The minimum atomic E-state index is 0.0416. The number of hydrogen-bond acceptors (Lipinski definition) is 2. The summed E-state index contributed by atoms with van der Waals surface area (Å²) in [5.74, 6) is 0. The van der Waals surface area contributed by atoms with E-state index in [0.717, 1.165) is 25.9 Å². The van der Waals surface area contributed by atoms with Crippen LogP contribution in [-0.2, 0) is 9.47 Å². The lowest BCUT2D eigenvalue weighted by molar-refractivity contribution is -0.188. The molecule has 0 aromatic heterocycles. The molecule has 0 saturated carbocycles. The zero-order valence-corrected chi connectivity index (χ0v) is 11.3. The fourth-order valence-electron chi connectivity index (χ4n) is 2.26. The molecule has 0 amide bonds. The quantitative estimate of drug-likeness (QED) is 0.438. The SMILES string of the molecule is C=CCC(CCCCCC)OC1CCCCO1. The van der Waals surface area contributed by atoms with Gasteiger partial charge in [0.1, 0.15) is 0 Å². The van der Waals surface area contributed by atoms with Gasteiger partial charge in [-0.25, -0.2) is 0 Å². The van der Waals surface area contributed by atoms with Crippen LogP contribution >= 0.6 is 0 Å². The molecule has 0 N–H and O–H groups in total. The lowest BCUT2D eigenvalue weighted by Gasteiger charge is -2.27. The molecular formula is C15H28O2. The summed E-state index contributed by atoms with van der Waals surface area (Å²) in [5.41, 5.74) is 0. The fraction of sp³-hybridized carbons (Fsp3) is 0.867. The van der Waals surface area contributed by atoms with Crippen LogP contribution in [0.4, 0.5) is 0 Å². The van der Waals surface area contributed by atoms with Crippen LogP contribution in [0.2, 0.25) is 0 Å². The minimum Gasteiger partial charge on any atom is -0.353 e. The highest BCUT2D eigenvalue weighted by Crippen LogP contribution is 2.19. The standard InChI is InChI=1S/C15H28O2/c1-3-5-6-7-11-14(10-4-2)17-15-12-8-9-13-16-15/h4,14-15H,2-3,5-13H2,1H3. The van der Waals surface area contributed by atoms with Crippen LogP contribution in [0.3, 0.4) is 0 Å². The Morgan fingerprint density at radius 1 is 1.35 bits per heavy atom. The highest BCUT2D eigenvalue weighted by Gasteiger charge is 2.18. The van der Waals surface area contributed by atoms with Crippen LogP contribution in [-0.4, -0.2) is 19.0 Å². The van der Waals surface area contributed by atoms with E-state index in [9.17, 15) is 0 Å². The fourth-order valence-corrected chi connectivity index (χ4v) is 2.26. The molecule has 2 unspecified atom stereocenters. The van der Waals surface area contributed by atoms with Crippen molar-refractivity contribution in [3.05, 3.63) is 12.7 Å². The van der Waals surface area contributed by atoms with E-state index in [1.165, 1.54) is 38.5 Å². The first-order chi connectivity index (χ1) is 8.36. The van der Waals surface area contributed by atoms with Crippen molar-refractivity contribution in [1.82, 2.24) is 0 Å². The van der Waals surface area contributed by atoms with Gasteiger partial charge in [-0.2, -0.15) is 0 Å². The molecule has 2 nitrogen and oxygen atoms in total. The molecule has 1 aliphatic heterocycles. The maximum Gasteiger partial charge on any atom is 0.157 e. The van der Waals surface area contributed by atoms with E-state index in [0.29, 0.717) is 6.10 Å². The molecule has 1 saturated heterocycles. The Morgan fingerprint density at radius 2 is 2.24 bits per heavy atom. The van der Waals surface area contributed by atoms with Gasteiger partial charge in [0.25, 0.3) is 0 Å². The van der Waals surface area contributed by atoms with E-state index in [4.69, 9.17) is 9.47 Å². The maximum atomic E-state index is 6.02. The molecule has 0 aromatic carbocycles. The monoisotopic (exact) mass is 240 g/mol. The van der Waals surface area contributed by atoms with Gasteiger partial charge >= 0.3 is 0 Å². The van der Waals surface area contributed by atoms with Crippen molar-refractivity contribution in [1.29, 1.82) is 0 Å². The topological polar surface area (TPSA) is 18.5 Å². The number of rotatable bonds is 9. The van der Waals surface area contributed by atoms with Crippen LogP contribution < -0.4 is 0 Å². The predicted octanol–water partition coefficient (Wildman–Crippen LogP) is 4.44. The van der Waals surface area contributed by atoms with Crippen molar-refractivity contribution >= 4 is 0 Å². The van der Waals surface area contributed by atoms with E-state index in [-0.39, 0.29) is 6.29 Å². The third-order valence-corrected chi connectivity index (χ3v) is 3.29. The van der Waals surface area contributed by atoms with Crippen molar-refractivity contribution < 1.29 is 9.47 Å². The third kappa shape index (κ3) is 6.85. The smallest absolute Gasteiger partial charge is 0.157 e. The molecular weight excluding hydrogens is 212 g/mol. The largest absolute Gasteiger partial charge is 0.353 e. The van der Waals surface area contributed by atoms with Crippen LogP contribution in [0, 0.1) is 0 Å². The second-order valence-corrected chi connectivity index (χ2v) is 4.93. The van der Waals surface area contributed by atoms with Crippen molar-refractivity contribution in [3.63, 3.8) is 0 Å². The summed E-state index contributed by atoms with van der Waals surface area (Å²) in [6.45, 7) is 6.92. The Kier molecular flexibility index (Phi) is 8.37. The van der Waals surface area contributed by atoms with Crippen molar-refractivity contribution in [2.24, 2.45) is 0 Å². The summed E-state index contributed by atoms with van der Waals surface area (Å²) in [4.78, 5) is 0. The van der Waals surface area contributed by atoms with Gasteiger partial charge in [0, 0.05) is 6.61 Å². The molecule has 17 heavy (non-hydrogen) atoms. The Labute approximate surface area is 106 Å². The Bertz CT molecular complexity index is 185. The molecule has 1 rings (SSSR count). The molecule has 0 bridgehead atoms. The van der Waals surface area contributed by atoms with Gasteiger partial charge in [-0.3, -0.25) is 0 Å². The summed E-state index contributed by atoms with van der Waals surface area (Å²) in [6, 6.07) is 0. The molecule has 100 valence electrons. The molecule has 1 aliphatic rings. The first-order valence-corrected chi connectivity index (χ1v) is 7.24. The summed E-state index contributed by atoms with van der Waals surface area (Å²) < 4.78 is 11.6. The van der Waals surface area contributed by atoms with Gasteiger partial charge in [-0.15, -0.1) is 6.58 Å². The Balaban J connectivity index is 2.18. The predicted molar refractivity (Wildman–Crippen MR) is 72.0 cm³/mol. The highest BCUT2D eigenvalue weighted by atomic mass is 16.7. The zero-order valence-electron chi connectivity index (χ0n) is 11.3. The summed E-state index contributed by atoms with van der Waals surface area (Å²) in [6.07, 6.45) is 13.1. The molecule has 2 atom stereocenters. The van der Waals surface area contributed by atoms with Gasteiger partial charge < -0.3 is 9.47 Å². The molecule has 0 aromatic rings. The van der Waals surface area contributed by atoms with Crippen LogP contribution in [0.25, 0.3) is 0 Å². The van der Waals surface area contributed by atoms with Gasteiger partial charge in [-0.05, 0) is 32.1 Å². The summed E-state index contributed by atoms with van der Waals surface area (Å²) in [5, 5.41) is 0. The highest BCUT2D eigenvalue weighted by molar-refractivity contribution is 4.74. The van der Waals surface area contributed by atoms with E-state index >= 15 is 0 Å². The van der Waals surface area contributed by atoms with Gasteiger partial charge in [-0.1, -0.05) is 38.7 Å². The second kappa shape index (κ2) is 9.67. The van der Waals surface area contributed by atoms with Crippen molar-refractivity contribution in [3.8, 4) is 0 Å². The van der Waals surface area contributed by atoms with Crippen LogP contribution in [0.1, 0.15) is 64.7 Å². The molecule has 0 spiro atoms. The van der Waals surface area contributed by atoms with E-state index < -0.39 is 0 Å². The average molecular weight is 240 g/mol. The molecule has 1 heterocycles. The molecule has 2 heteroatoms. The number of hydrogen-bond donors (Lipinski definition) is 0. The normalized spacial score (nSPS) is 22.3. The summed E-state index contributed by atoms with van der Waals surface area (Å²) in [7, 11) is 0. The first-order valence-electron chi connectivity index (χ1n) is 7.24. The minimum absolute atomic E-state index is 0.0416. The number of unbranched alkanes of at least 4 members (excludes halogenated alkanes) is 3. The number of ether oxygens (including phenoxy) is 2. The summed E-state index contributed by atoms with van der Waals surface area (Å²) >= 11 is 0. The van der Waals surface area contributed by atoms with E-state index in [2.05, 4.69) is 13.5 Å². The van der Waals surface area contributed by atoms with Gasteiger partial charge in [0.2, 0.25) is 0 Å². The van der Waals surface area contributed by atoms with Crippen LogP contribution in [0.5, 0.6) is 0 Å². The Hall–Kier alpha value is -0.340. The van der Waals surface area contributed by atoms with Gasteiger partial charge in [0.05, 0.1) is 6.10 Å². The van der Waals surface area contributed by atoms with Crippen LogP contribution in [0.15, 0.2) is 12.7 Å². The second-order valence-electron chi connectivity index (χ2n) is 4.93. The average Bonchev–Trinajstić information content (AvgIpc) is 2.36. The lowest BCUT2D eigenvalue weighted by atomic mass is 10.1. The molecule has 0 aliphatic carbocycles.